The maximum Gasteiger partial charge on any atom is 0.322 e. The van der Waals surface area contributed by atoms with E-state index in [1.807, 2.05) is 6.92 Å². The van der Waals surface area contributed by atoms with E-state index in [1.54, 1.807) is 6.92 Å². The van der Waals surface area contributed by atoms with Crippen LogP contribution >= 0.6 is 0 Å². The molecule has 1 atom stereocenters. The van der Waals surface area contributed by atoms with Gasteiger partial charge >= 0.3 is 5.97 Å². The molecule has 0 aliphatic carbocycles. The summed E-state index contributed by atoms with van der Waals surface area (Å²) in [6.45, 7) is 4.48. The van der Waals surface area contributed by atoms with Gasteiger partial charge in [0, 0.05) is 13.0 Å². The summed E-state index contributed by atoms with van der Waals surface area (Å²) >= 11 is 0. The van der Waals surface area contributed by atoms with Gasteiger partial charge in [-0.05, 0) is 13.3 Å². The Morgan fingerprint density at radius 2 is 2.31 bits per heavy atom. The third-order valence-electron chi connectivity index (χ3n) is 1.71. The summed E-state index contributed by atoms with van der Waals surface area (Å²) in [4.78, 5) is 11.1. The Morgan fingerprint density at radius 1 is 1.62 bits per heavy atom. The van der Waals surface area contributed by atoms with Crippen molar-refractivity contribution in [1.29, 1.82) is 0 Å². The molecule has 0 bridgehead atoms. The zero-order valence-corrected chi connectivity index (χ0v) is 8.52. The van der Waals surface area contributed by atoms with Gasteiger partial charge < -0.3 is 10.1 Å². The molecule has 0 heterocycles. The quantitative estimate of drug-likeness (QED) is 0.391. The van der Waals surface area contributed by atoms with Gasteiger partial charge in [0.05, 0.1) is 7.11 Å². The number of esters is 1. The van der Waals surface area contributed by atoms with Crippen molar-refractivity contribution in [1.82, 2.24) is 5.32 Å². The third kappa shape index (κ3) is 5.26. The Kier molecular flexibility index (Phi) is 7.04. The van der Waals surface area contributed by atoms with Gasteiger partial charge in [0.25, 0.3) is 0 Å². The number of hydrogen-bond acceptors (Lipinski definition) is 3. The summed E-state index contributed by atoms with van der Waals surface area (Å²) in [6, 6.07) is -0.191. The summed E-state index contributed by atoms with van der Waals surface area (Å²) in [6.07, 6.45) is 1.51. The molecule has 3 nitrogen and oxygen atoms in total. The summed E-state index contributed by atoms with van der Waals surface area (Å²) < 4.78 is 4.62. The molecule has 0 aliphatic rings. The van der Waals surface area contributed by atoms with Crippen molar-refractivity contribution in [2.75, 3.05) is 13.7 Å². The Hall–Kier alpha value is -1.01. The average molecular weight is 183 g/mol. The highest BCUT2D eigenvalue weighted by molar-refractivity contribution is 5.75. The number of ether oxygens (including phenoxy) is 1. The van der Waals surface area contributed by atoms with Gasteiger partial charge in [0.15, 0.2) is 0 Å². The number of carbonyl (C=O) groups excluding carboxylic acids is 1. The first-order valence-corrected chi connectivity index (χ1v) is 4.47. The first kappa shape index (κ1) is 12.0. The highest BCUT2D eigenvalue weighted by Crippen LogP contribution is 1.93. The summed E-state index contributed by atoms with van der Waals surface area (Å²) in [5.74, 6) is 5.51. The van der Waals surface area contributed by atoms with Crippen molar-refractivity contribution in [3.63, 3.8) is 0 Å². The van der Waals surface area contributed by atoms with Crippen LogP contribution in [0.2, 0.25) is 0 Å². The van der Waals surface area contributed by atoms with Crippen molar-refractivity contribution >= 4 is 5.97 Å². The van der Waals surface area contributed by atoms with Crippen LogP contribution in [0.15, 0.2) is 0 Å². The molecule has 0 saturated carbocycles. The number of rotatable bonds is 5. The molecule has 0 rings (SSSR count). The van der Waals surface area contributed by atoms with Crippen molar-refractivity contribution in [2.45, 2.75) is 32.7 Å². The normalized spacial score (nSPS) is 11.3. The first-order valence-electron chi connectivity index (χ1n) is 4.47. The molecule has 1 N–H and O–H groups in total. The molecule has 0 amide bonds. The largest absolute Gasteiger partial charge is 0.468 e. The van der Waals surface area contributed by atoms with E-state index in [2.05, 4.69) is 21.9 Å². The van der Waals surface area contributed by atoms with Gasteiger partial charge in [-0.2, -0.15) is 0 Å². The maximum atomic E-state index is 11.1. The predicted molar refractivity (Wildman–Crippen MR) is 52.2 cm³/mol. The van der Waals surface area contributed by atoms with Gasteiger partial charge in [-0.25, -0.2) is 0 Å². The molecule has 0 aromatic heterocycles. The number of methoxy groups -OCH3 is 1. The molecule has 0 radical (unpaired) electrons. The highest BCUT2D eigenvalue weighted by atomic mass is 16.5. The van der Waals surface area contributed by atoms with E-state index in [-0.39, 0.29) is 12.0 Å². The third-order valence-corrected chi connectivity index (χ3v) is 1.71. The Labute approximate surface area is 79.8 Å². The Bertz CT molecular complexity index is 203. The topological polar surface area (TPSA) is 38.3 Å². The lowest BCUT2D eigenvalue weighted by Gasteiger charge is -2.12. The van der Waals surface area contributed by atoms with Crippen LogP contribution in [-0.2, 0) is 9.53 Å². The highest BCUT2D eigenvalue weighted by Gasteiger charge is 2.14. The minimum atomic E-state index is -0.202. The van der Waals surface area contributed by atoms with Gasteiger partial charge in [-0.1, -0.05) is 6.92 Å². The van der Waals surface area contributed by atoms with Crippen LogP contribution in [-0.4, -0.2) is 25.7 Å². The van der Waals surface area contributed by atoms with Crippen molar-refractivity contribution < 1.29 is 9.53 Å². The molecule has 0 saturated heterocycles. The van der Waals surface area contributed by atoms with Gasteiger partial charge in [0.1, 0.15) is 6.04 Å². The molecule has 3 heteroatoms. The fourth-order valence-electron chi connectivity index (χ4n) is 0.970. The Morgan fingerprint density at radius 3 is 2.77 bits per heavy atom. The van der Waals surface area contributed by atoms with Crippen LogP contribution < -0.4 is 5.32 Å². The average Bonchev–Trinajstić information content (AvgIpc) is 2.17. The van der Waals surface area contributed by atoms with E-state index in [0.29, 0.717) is 0 Å². The van der Waals surface area contributed by atoms with E-state index >= 15 is 0 Å². The molecule has 0 fully saturated rings. The molecule has 13 heavy (non-hydrogen) atoms. The number of nitrogens with one attached hydrogen (secondary N) is 1. The van der Waals surface area contributed by atoms with Crippen LogP contribution in [0.1, 0.15) is 26.7 Å². The minimum Gasteiger partial charge on any atom is -0.468 e. The molecule has 1 unspecified atom stereocenters. The van der Waals surface area contributed by atoms with Crippen LogP contribution in [0.5, 0.6) is 0 Å². The van der Waals surface area contributed by atoms with Crippen molar-refractivity contribution in [2.24, 2.45) is 0 Å². The fourth-order valence-corrected chi connectivity index (χ4v) is 0.970. The molecular formula is C10H17NO2. The molecule has 0 aromatic rings. The lowest BCUT2D eigenvalue weighted by atomic mass is 10.2. The van der Waals surface area contributed by atoms with E-state index in [4.69, 9.17) is 0 Å². The number of carbonyl (C=O) groups is 1. The monoisotopic (exact) mass is 183 g/mol. The minimum absolute atomic E-state index is 0.191. The van der Waals surface area contributed by atoms with Crippen LogP contribution in [0.25, 0.3) is 0 Å². The first-order chi connectivity index (χ1) is 6.26. The molecule has 0 aromatic carbocycles. The van der Waals surface area contributed by atoms with E-state index < -0.39 is 0 Å². The SMILES string of the molecule is CC#CCCNC(CC)C(=O)OC. The second-order valence-corrected chi connectivity index (χ2v) is 2.61. The van der Waals surface area contributed by atoms with Crippen LogP contribution in [0.4, 0.5) is 0 Å². The lowest BCUT2D eigenvalue weighted by Crippen LogP contribution is -2.37. The van der Waals surface area contributed by atoms with Crippen molar-refractivity contribution in [3.05, 3.63) is 0 Å². The zero-order valence-electron chi connectivity index (χ0n) is 8.52. The maximum absolute atomic E-state index is 11.1. The summed E-state index contributed by atoms with van der Waals surface area (Å²) in [5, 5.41) is 3.08. The van der Waals surface area contributed by atoms with Gasteiger partial charge in [0.2, 0.25) is 0 Å². The van der Waals surface area contributed by atoms with E-state index in [9.17, 15) is 4.79 Å². The molecule has 0 spiro atoms. The van der Waals surface area contributed by atoms with Gasteiger partial charge in [-0.15, -0.1) is 11.8 Å². The zero-order chi connectivity index (χ0) is 10.1. The smallest absolute Gasteiger partial charge is 0.322 e. The summed E-state index contributed by atoms with van der Waals surface area (Å²) in [7, 11) is 1.40. The second-order valence-electron chi connectivity index (χ2n) is 2.61. The van der Waals surface area contributed by atoms with Crippen molar-refractivity contribution in [3.8, 4) is 11.8 Å². The molecule has 74 valence electrons. The number of hydrogen-bond donors (Lipinski definition) is 1. The molecule has 0 aliphatic heterocycles. The Balaban J connectivity index is 3.69. The van der Waals surface area contributed by atoms with E-state index in [0.717, 1.165) is 19.4 Å². The van der Waals surface area contributed by atoms with E-state index in [1.165, 1.54) is 7.11 Å². The van der Waals surface area contributed by atoms with Crippen LogP contribution in [0.3, 0.4) is 0 Å². The van der Waals surface area contributed by atoms with Gasteiger partial charge in [-0.3, -0.25) is 4.79 Å². The predicted octanol–water partition coefficient (Wildman–Crippen LogP) is 0.941. The standard InChI is InChI=1S/C10H17NO2/c1-4-6-7-8-11-9(5-2)10(12)13-3/h9,11H,5,7-8H2,1-3H3. The fraction of sp³-hybridized carbons (Fsp3) is 0.700. The summed E-state index contributed by atoms with van der Waals surface area (Å²) in [5.41, 5.74) is 0. The second kappa shape index (κ2) is 7.63. The lowest BCUT2D eigenvalue weighted by molar-refractivity contribution is -0.143. The van der Waals surface area contributed by atoms with Crippen LogP contribution in [0, 0.1) is 11.8 Å². The molecular weight excluding hydrogens is 166 g/mol.